The van der Waals surface area contributed by atoms with E-state index in [2.05, 4.69) is 267 Å². The molecule has 80 heavy (non-hydrogen) atoms. The van der Waals surface area contributed by atoms with E-state index in [1.807, 2.05) is 11.3 Å². The predicted molar refractivity (Wildman–Crippen MR) is 345 cm³/mol. The lowest BCUT2D eigenvalue weighted by atomic mass is 9.33. The first-order chi connectivity index (χ1) is 38.3. The van der Waals surface area contributed by atoms with Gasteiger partial charge in [-0.15, -0.1) is 11.3 Å². The van der Waals surface area contributed by atoms with Gasteiger partial charge in [0, 0.05) is 70.4 Å². The molecule has 4 nitrogen and oxygen atoms in total. The average Bonchev–Trinajstić information content (AvgIpc) is 1.86. The molecule has 5 heterocycles. The largest absolute Gasteiger partial charge is 0.454 e. The molecule has 2 aromatic heterocycles. The molecule has 396 valence electrons. The predicted octanol–water partition coefficient (Wildman–Crippen LogP) is 19.3. The Balaban J connectivity index is 1.13. The van der Waals surface area contributed by atoms with Crippen LogP contribution in [0.4, 0.5) is 45.5 Å². The van der Waals surface area contributed by atoms with Crippen LogP contribution in [0.15, 0.2) is 180 Å². The van der Waals surface area contributed by atoms with Gasteiger partial charge in [-0.25, -0.2) is 0 Å². The molecule has 0 N–H and O–H groups in total. The molecule has 4 aliphatic rings. The number of anilines is 8. The molecule has 1 aliphatic carbocycles. The minimum atomic E-state index is -0.208. The second-order valence-corrected chi connectivity index (χ2v) is 28.3. The third kappa shape index (κ3) is 7.00. The maximum absolute atomic E-state index is 7.37. The fourth-order valence-corrected chi connectivity index (χ4v) is 16.1. The van der Waals surface area contributed by atoms with Gasteiger partial charge in [0.05, 0.1) is 22.6 Å². The highest BCUT2D eigenvalue weighted by atomic mass is 32.1. The van der Waals surface area contributed by atoms with Crippen LogP contribution in [0.25, 0.3) is 53.2 Å². The first-order valence-corrected chi connectivity index (χ1v) is 30.1. The Bertz CT molecular complexity index is 4390. The third-order valence-corrected chi connectivity index (χ3v) is 20.6. The van der Waals surface area contributed by atoms with Crippen molar-refractivity contribution in [3.05, 3.63) is 198 Å². The maximum Gasteiger partial charge on any atom is 0.252 e. The Labute approximate surface area is 476 Å². The summed E-state index contributed by atoms with van der Waals surface area (Å²) in [7, 11) is 0. The molecule has 0 radical (unpaired) electrons. The summed E-state index contributed by atoms with van der Waals surface area (Å²) in [5.41, 5.74) is 22.7. The van der Waals surface area contributed by atoms with Crippen molar-refractivity contribution < 1.29 is 4.42 Å². The molecule has 2 atom stereocenters. The number of nitrogens with zero attached hydrogens (tertiary/aromatic N) is 3. The Morgan fingerprint density at radius 2 is 1.11 bits per heavy atom. The zero-order chi connectivity index (χ0) is 55.0. The van der Waals surface area contributed by atoms with Gasteiger partial charge in [-0.1, -0.05) is 197 Å². The quantitative estimate of drug-likeness (QED) is 0.164. The Morgan fingerprint density at radius 3 is 1.86 bits per heavy atom. The van der Waals surface area contributed by atoms with Crippen LogP contribution in [0.5, 0.6) is 0 Å². The topological polar surface area (TPSA) is 22.9 Å². The normalized spacial score (nSPS) is 18.7. The number of benzene rings is 9. The highest BCUT2D eigenvalue weighted by Gasteiger charge is 2.58. The van der Waals surface area contributed by atoms with Gasteiger partial charge in [0.1, 0.15) is 5.58 Å². The first-order valence-electron chi connectivity index (χ1n) is 29.2. The molecule has 11 aromatic rings. The lowest BCUT2D eigenvalue weighted by Crippen LogP contribution is -2.61. The standard InChI is InChI=1S/C74H70BN3OS/c1-70(2,3)46-30-35-57(53(40-46)45-22-13-12-14-23-45)77-62-44-49(78-58-36-31-47(71(4,5)6)41-54(58)73(10)38-19-20-39-74(73,78)11)43-61-67(62)75(55-34-33-51-50-24-15-17-27-63(50)79-69(51)68(55)77)56-42-48(72(7,8)9)32-37-59(56)76(61)60-26-21-29-65-66(60)52-25-16-18-28-64(52)80-65/h12-18,21-37,40-44H,19-20,38-39H2,1-11H3. The summed E-state index contributed by atoms with van der Waals surface area (Å²) in [4.78, 5) is 8.17. The number of fused-ring (bicyclic) bond motifs is 14. The van der Waals surface area contributed by atoms with E-state index in [0.29, 0.717) is 0 Å². The van der Waals surface area contributed by atoms with Gasteiger partial charge in [-0.3, -0.25) is 0 Å². The fraction of sp³-hybridized carbons (Fsp3) is 0.270. The van der Waals surface area contributed by atoms with E-state index in [1.165, 1.54) is 117 Å². The van der Waals surface area contributed by atoms with E-state index in [-0.39, 0.29) is 33.9 Å². The third-order valence-electron chi connectivity index (χ3n) is 19.5. The zero-order valence-corrected chi connectivity index (χ0v) is 49.1. The number of furan rings is 1. The summed E-state index contributed by atoms with van der Waals surface area (Å²) >= 11 is 1.90. The lowest BCUT2D eigenvalue weighted by Gasteiger charge is -2.51. The minimum absolute atomic E-state index is 0.0113. The minimum Gasteiger partial charge on any atom is -0.454 e. The second-order valence-electron chi connectivity index (χ2n) is 27.2. The Morgan fingerprint density at radius 1 is 0.487 bits per heavy atom. The lowest BCUT2D eigenvalue weighted by molar-refractivity contribution is 0.195. The van der Waals surface area contributed by atoms with Crippen LogP contribution in [-0.4, -0.2) is 12.3 Å². The monoisotopic (exact) mass is 1060 g/mol. The van der Waals surface area contributed by atoms with Gasteiger partial charge in [0.2, 0.25) is 0 Å². The summed E-state index contributed by atoms with van der Waals surface area (Å²) in [5.74, 6) is 0. The Kier molecular flexibility index (Phi) is 10.5. The van der Waals surface area contributed by atoms with Crippen LogP contribution in [0.2, 0.25) is 0 Å². The number of rotatable bonds is 4. The molecule has 0 bridgehead atoms. The SMILES string of the molecule is CC(C)(C)c1ccc2c(c1)B1c3ccc4c(oc5ccccc54)c3N(c3ccc(C(C)(C)C)cc3-c3ccccc3)c3cc(N4c5ccc(C(C)(C)C)cc5C5(C)CCCCC45C)cc(c31)N2c1cccc2sc3ccccc3c12. The molecule has 9 aromatic carbocycles. The number of para-hydroxylation sites is 1. The molecule has 15 rings (SSSR count). The van der Waals surface area contributed by atoms with E-state index in [0.717, 1.165) is 46.2 Å². The van der Waals surface area contributed by atoms with E-state index in [1.54, 1.807) is 0 Å². The van der Waals surface area contributed by atoms with E-state index >= 15 is 0 Å². The van der Waals surface area contributed by atoms with Crippen LogP contribution in [0.3, 0.4) is 0 Å². The van der Waals surface area contributed by atoms with Crippen molar-refractivity contribution in [2.45, 2.75) is 129 Å². The van der Waals surface area contributed by atoms with Crippen molar-refractivity contribution in [2.24, 2.45) is 0 Å². The molecule has 2 unspecified atom stereocenters. The number of thiophene rings is 1. The molecule has 0 amide bonds. The molecule has 0 saturated heterocycles. The van der Waals surface area contributed by atoms with Crippen molar-refractivity contribution >= 4 is 122 Å². The number of hydrogen-bond donors (Lipinski definition) is 0. The van der Waals surface area contributed by atoms with E-state index in [4.69, 9.17) is 4.42 Å². The summed E-state index contributed by atoms with van der Waals surface area (Å²) in [6, 6.07) is 68.1. The second kappa shape index (κ2) is 17.0. The molecule has 3 aliphatic heterocycles. The summed E-state index contributed by atoms with van der Waals surface area (Å²) in [6.07, 6.45) is 4.66. The smallest absolute Gasteiger partial charge is 0.252 e. The fourth-order valence-electron chi connectivity index (χ4n) is 14.9. The first kappa shape index (κ1) is 49.5. The van der Waals surface area contributed by atoms with Crippen molar-refractivity contribution in [3.8, 4) is 11.1 Å². The molecule has 0 spiro atoms. The molecule has 6 heteroatoms. The molecule has 1 saturated carbocycles. The molecular weight excluding hydrogens is 990 g/mol. The van der Waals surface area contributed by atoms with E-state index < -0.39 is 0 Å². The van der Waals surface area contributed by atoms with Gasteiger partial charge in [0.25, 0.3) is 6.71 Å². The molecular formula is C74H70BN3OS. The van der Waals surface area contributed by atoms with Gasteiger partial charge in [-0.2, -0.15) is 0 Å². The van der Waals surface area contributed by atoms with Gasteiger partial charge in [0.15, 0.2) is 5.58 Å². The van der Waals surface area contributed by atoms with E-state index in [9.17, 15) is 0 Å². The molecule has 1 fully saturated rings. The highest BCUT2D eigenvalue weighted by molar-refractivity contribution is 7.26. The van der Waals surface area contributed by atoms with Gasteiger partial charge in [-0.05, 0) is 141 Å². The van der Waals surface area contributed by atoms with Crippen LogP contribution in [0.1, 0.15) is 124 Å². The van der Waals surface area contributed by atoms with Crippen LogP contribution >= 0.6 is 11.3 Å². The summed E-state index contributed by atoms with van der Waals surface area (Å²) in [6.45, 7) is 26.2. The summed E-state index contributed by atoms with van der Waals surface area (Å²) < 4.78 is 9.97. The zero-order valence-electron chi connectivity index (χ0n) is 48.3. The van der Waals surface area contributed by atoms with Crippen LogP contribution in [-0.2, 0) is 21.7 Å². The van der Waals surface area contributed by atoms with Gasteiger partial charge >= 0.3 is 0 Å². The average molecular weight is 1060 g/mol. The van der Waals surface area contributed by atoms with Crippen LogP contribution in [0, 0.1) is 0 Å². The van der Waals surface area contributed by atoms with Crippen molar-refractivity contribution in [1.29, 1.82) is 0 Å². The summed E-state index contributed by atoms with van der Waals surface area (Å²) in [5, 5.41) is 4.85. The van der Waals surface area contributed by atoms with Gasteiger partial charge < -0.3 is 19.1 Å². The Hall–Kier alpha value is -7.54. The number of hydrogen-bond acceptors (Lipinski definition) is 5. The van der Waals surface area contributed by atoms with Crippen molar-refractivity contribution in [1.82, 2.24) is 0 Å². The highest BCUT2D eigenvalue weighted by Crippen LogP contribution is 2.63. The maximum atomic E-state index is 7.37. The van der Waals surface area contributed by atoms with Crippen molar-refractivity contribution in [2.75, 3.05) is 14.7 Å². The van der Waals surface area contributed by atoms with Crippen molar-refractivity contribution in [3.63, 3.8) is 0 Å². The van der Waals surface area contributed by atoms with Crippen LogP contribution < -0.4 is 31.1 Å².